The first kappa shape index (κ1) is 14.5. The lowest BCUT2D eigenvalue weighted by atomic mass is 9.96. The summed E-state index contributed by atoms with van der Waals surface area (Å²) >= 11 is 3.59. The van der Waals surface area contributed by atoms with Gasteiger partial charge in [0.2, 0.25) is 0 Å². The molecule has 1 saturated heterocycles. The van der Waals surface area contributed by atoms with E-state index in [0.29, 0.717) is 0 Å². The number of piperidine rings is 1. The first-order valence-corrected chi connectivity index (χ1v) is 7.49. The van der Waals surface area contributed by atoms with Crippen LogP contribution in [0.15, 0.2) is 10.8 Å². The van der Waals surface area contributed by atoms with Gasteiger partial charge in [-0.3, -0.25) is 0 Å². The maximum Gasteiger partial charge on any atom is 0.148 e. The van der Waals surface area contributed by atoms with Crippen molar-refractivity contribution < 1.29 is 0 Å². The lowest BCUT2D eigenvalue weighted by Gasteiger charge is -2.34. The highest BCUT2D eigenvalue weighted by molar-refractivity contribution is 9.10. The summed E-state index contributed by atoms with van der Waals surface area (Å²) in [5, 5.41) is 3.08. The molecule has 1 aromatic heterocycles. The molecule has 6 heteroatoms. The summed E-state index contributed by atoms with van der Waals surface area (Å²) in [6.45, 7) is 3.31. The zero-order valence-corrected chi connectivity index (χ0v) is 13.4. The van der Waals surface area contributed by atoms with E-state index in [1.807, 2.05) is 7.05 Å². The van der Waals surface area contributed by atoms with Crippen molar-refractivity contribution in [1.29, 1.82) is 0 Å². The molecule has 0 amide bonds. The molecule has 2 rings (SSSR count). The molecule has 19 heavy (non-hydrogen) atoms. The summed E-state index contributed by atoms with van der Waals surface area (Å²) in [7, 11) is 6.17. The highest BCUT2D eigenvalue weighted by Gasteiger charge is 2.22. The van der Waals surface area contributed by atoms with Gasteiger partial charge in [0.1, 0.15) is 22.4 Å². The molecule has 0 aromatic carbocycles. The zero-order chi connectivity index (χ0) is 13.8. The predicted octanol–water partition coefficient (Wildman–Crippen LogP) is 2.06. The van der Waals surface area contributed by atoms with E-state index in [9.17, 15) is 0 Å². The second-order valence-corrected chi connectivity index (χ2v) is 6.10. The summed E-state index contributed by atoms with van der Waals surface area (Å²) in [6, 6.07) is 0. The SMILES string of the molecule is CNc1ncnc(N2CCC(CN(C)C)CC2)c1Br. The number of halogens is 1. The van der Waals surface area contributed by atoms with E-state index >= 15 is 0 Å². The van der Waals surface area contributed by atoms with E-state index in [1.165, 1.54) is 19.4 Å². The topological polar surface area (TPSA) is 44.3 Å². The van der Waals surface area contributed by atoms with Gasteiger partial charge in [-0.05, 0) is 48.8 Å². The van der Waals surface area contributed by atoms with E-state index in [1.54, 1.807) is 6.33 Å². The number of rotatable bonds is 4. The van der Waals surface area contributed by atoms with Crippen LogP contribution in [0.25, 0.3) is 0 Å². The third-order valence-electron chi connectivity index (χ3n) is 3.55. The summed E-state index contributed by atoms with van der Waals surface area (Å²) in [4.78, 5) is 13.2. The Bertz CT molecular complexity index is 415. The summed E-state index contributed by atoms with van der Waals surface area (Å²) < 4.78 is 0.962. The maximum atomic E-state index is 4.41. The van der Waals surface area contributed by atoms with Gasteiger partial charge in [-0.25, -0.2) is 9.97 Å². The number of nitrogens with zero attached hydrogens (tertiary/aromatic N) is 4. The maximum absolute atomic E-state index is 4.41. The second kappa shape index (κ2) is 6.52. The van der Waals surface area contributed by atoms with Crippen molar-refractivity contribution in [2.75, 3.05) is 51.0 Å². The van der Waals surface area contributed by atoms with Gasteiger partial charge in [-0.2, -0.15) is 0 Å². The highest BCUT2D eigenvalue weighted by atomic mass is 79.9. The molecule has 0 radical (unpaired) electrons. The van der Waals surface area contributed by atoms with Crippen LogP contribution in [0.3, 0.4) is 0 Å². The van der Waals surface area contributed by atoms with E-state index < -0.39 is 0 Å². The molecule has 1 N–H and O–H groups in total. The molecule has 106 valence electrons. The molecule has 0 atom stereocenters. The molecule has 1 aliphatic heterocycles. The molecular weight excluding hydrogens is 306 g/mol. The van der Waals surface area contributed by atoms with E-state index in [-0.39, 0.29) is 0 Å². The number of aromatic nitrogens is 2. The monoisotopic (exact) mass is 327 g/mol. The third-order valence-corrected chi connectivity index (χ3v) is 4.28. The Labute approximate surface area is 123 Å². The van der Waals surface area contributed by atoms with Crippen molar-refractivity contribution in [3.63, 3.8) is 0 Å². The fraction of sp³-hybridized carbons (Fsp3) is 0.692. The normalized spacial score (nSPS) is 17.0. The number of hydrogen-bond donors (Lipinski definition) is 1. The van der Waals surface area contributed by atoms with Crippen molar-refractivity contribution in [1.82, 2.24) is 14.9 Å². The van der Waals surface area contributed by atoms with Gasteiger partial charge < -0.3 is 15.1 Å². The molecule has 0 bridgehead atoms. The van der Waals surface area contributed by atoms with Crippen LogP contribution in [-0.2, 0) is 0 Å². The van der Waals surface area contributed by atoms with E-state index in [2.05, 4.69) is 55.1 Å². The largest absolute Gasteiger partial charge is 0.372 e. The van der Waals surface area contributed by atoms with Gasteiger partial charge in [0.15, 0.2) is 0 Å². The predicted molar refractivity (Wildman–Crippen MR) is 82.8 cm³/mol. The molecular formula is C13H22BrN5. The quantitative estimate of drug-likeness (QED) is 0.917. The van der Waals surface area contributed by atoms with Crippen LogP contribution < -0.4 is 10.2 Å². The summed E-state index contributed by atoms with van der Waals surface area (Å²) in [5.74, 6) is 2.65. The molecule has 0 unspecified atom stereocenters. The van der Waals surface area contributed by atoms with Crippen LogP contribution in [0.5, 0.6) is 0 Å². The highest BCUT2D eigenvalue weighted by Crippen LogP contribution is 2.31. The number of nitrogens with one attached hydrogen (secondary N) is 1. The Hall–Kier alpha value is -0.880. The number of hydrogen-bond acceptors (Lipinski definition) is 5. The Kier molecular flexibility index (Phi) is 4.99. The zero-order valence-electron chi connectivity index (χ0n) is 11.9. The average molecular weight is 328 g/mol. The van der Waals surface area contributed by atoms with Gasteiger partial charge in [-0.15, -0.1) is 0 Å². The molecule has 0 aliphatic carbocycles. The van der Waals surface area contributed by atoms with Crippen LogP contribution in [0.2, 0.25) is 0 Å². The Balaban J connectivity index is 2.01. The Morgan fingerprint density at radius 1 is 1.37 bits per heavy atom. The number of anilines is 2. The lowest BCUT2D eigenvalue weighted by Crippen LogP contribution is -2.37. The molecule has 1 fully saturated rings. The van der Waals surface area contributed by atoms with E-state index in [0.717, 1.165) is 35.1 Å². The van der Waals surface area contributed by atoms with Crippen LogP contribution in [0.1, 0.15) is 12.8 Å². The van der Waals surface area contributed by atoms with Gasteiger partial charge in [0.05, 0.1) is 0 Å². The minimum absolute atomic E-state index is 0.802. The van der Waals surface area contributed by atoms with Crippen LogP contribution in [-0.4, -0.2) is 55.6 Å². The summed E-state index contributed by atoms with van der Waals surface area (Å²) in [5.41, 5.74) is 0. The minimum Gasteiger partial charge on any atom is -0.372 e. The van der Waals surface area contributed by atoms with Crippen molar-refractivity contribution in [3.05, 3.63) is 10.8 Å². The molecule has 5 nitrogen and oxygen atoms in total. The smallest absolute Gasteiger partial charge is 0.148 e. The third kappa shape index (κ3) is 3.57. The molecule has 1 aliphatic rings. The molecule has 2 heterocycles. The molecule has 0 saturated carbocycles. The van der Waals surface area contributed by atoms with Crippen LogP contribution in [0, 0.1) is 5.92 Å². The fourth-order valence-electron chi connectivity index (χ4n) is 2.60. The van der Waals surface area contributed by atoms with Crippen molar-refractivity contribution >= 4 is 27.6 Å². The standard InChI is InChI=1S/C13H22BrN5/c1-15-12-11(14)13(17-9-16-12)19-6-4-10(5-7-19)8-18(2)3/h9-10H,4-8H2,1-3H3,(H,15,16,17). The minimum atomic E-state index is 0.802. The Morgan fingerprint density at radius 2 is 2.05 bits per heavy atom. The second-order valence-electron chi connectivity index (χ2n) is 5.30. The van der Waals surface area contributed by atoms with Crippen LogP contribution >= 0.6 is 15.9 Å². The molecule has 0 spiro atoms. The van der Waals surface area contributed by atoms with Crippen molar-refractivity contribution in [2.45, 2.75) is 12.8 Å². The van der Waals surface area contributed by atoms with Gasteiger partial charge >= 0.3 is 0 Å². The van der Waals surface area contributed by atoms with Gasteiger partial charge in [-0.1, -0.05) is 0 Å². The van der Waals surface area contributed by atoms with E-state index in [4.69, 9.17) is 0 Å². The first-order chi connectivity index (χ1) is 9.11. The first-order valence-electron chi connectivity index (χ1n) is 6.69. The van der Waals surface area contributed by atoms with Crippen LogP contribution in [0.4, 0.5) is 11.6 Å². The van der Waals surface area contributed by atoms with Gasteiger partial charge in [0.25, 0.3) is 0 Å². The average Bonchev–Trinajstić information content (AvgIpc) is 2.39. The molecule has 1 aromatic rings. The van der Waals surface area contributed by atoms with Gasteiger partial charge in [0, 0.05) is 26.7 Å². The van der Waals surface area contributed by atoms with Crippen molar-refractivity contribution in [2.24, 2.45) is 5.92 Å². The summed E-state index contributed by atoms with van der Waals surface area (Å²) in [6.07, 6.45) is 4.07. The fourth-order valence-corrected chi connectivity index (χ4v) is 3.25. The van der Waals surface area contributed by atoms with Crippen molar-refractivity contribution in [3.8, 4) is 0 Å². The Morgan fingerprint density at radius 3 is 2.63 bits per heavy atom. The lowest BCUT2D eigenvalue weighted by molar-refractivity contribution is 0.284.